The first-order valence-corrected chi connectivity index (χ1v) is 3.98. The van der Waals surface area contributed by atoms with Crippen LogP contribution in [0.1, 0.15) is 0 Å². The molecule has 1 unspecified atom stereocenters. The number of nitrogens with one attached hydrogen (secondary N) is 1. The molecular weight excluding hydrogens is 129 g/mol. The molecule has 1 N–H and O–H groups in total. The highest BCUT2D eigenvalue weighted by Crippen LogP contribution is 2.14. The van der Waals surface area contributed by atoms with E-state index < -0.39 is 0 Å². The molecule has 45 valence electrons. The van der Waals surface area contributed by atoms with E-state index in [1.54, 1.807) is 0 Å². The Morgan fingerprint density at radius 1 is 1.22 bits per heavy atom. The maximum Gasteiger partial charge on any atom is 0.0494 e. The van der Waals surface area contributed by atoms with Gasteiger partial charge >= 0.3 is 0 Å². The molecule has 1 heterocycles. The summed E-state index contributed by atoms with van der Waals surface area (Å²) in [5.74, 6) is 2.10. The van der Waals surface area contributed by atoms with Crippen LogP contribution in [0.15, 0.2) is 24.3 Å². The van der Waals surface area contributed by atoms with Crippen molar-refractivity contribution < 1.29 is 0 Å². The van der Waals surface area contributed by atoms with Crippen LogP contribution in [0.5, 0.6) is 0 Å². The molecule has 0 fully saturated rings. The van der Waals surface area contributed by atoms with Crippen LogP contribution < -0.4 is 10.6 Å². The van der Waals surface area contributed by atoms with E-state index in [4.69, 9.17) is 0 Å². The zero-order valence-electron chi connectivity index (χ0n) is 4.89. The van der Waals surface area contributed by atoms with Gasteiger partial charge in [0.2, 0.25) is 0 Å². The highest BCUT2D eigenvalue weighted by Gasteiger charge is 1.98. The molecule has 0 spiro atoms. The van der Waals surface area contributed by atoms with E-state index in [0.717, 1.165) is 8.20 Å². The van der Waals surface area contributed by atoms with Gasteiger partial charge in [-0.3, -0.25) is 0 Å². The highest BCUT2D eigenvalue weighted by molar-refractivity contribution is 7.48. The number of hydrogen-bond acceptors (Lipinski definition) is 1. The lowest BCUT2D eigenvalue weighted by Crippen LogP contribution is -1.94. The van der Waals surface area contributed by atoms with Crippen LogP contribution in [0.3, 0.4) is 0 Å². The van der Waals surface area contributed by atoms with E-state index in [0.29, 0.717) is 0 Å². The fourth-order valence-corrected chi connectivity index (χ4v) is 1.81. The fourth-order valence-electron chi connectivity index (χ4n) is 0.926. The average Bonchev–Trinajstić information content (AvgIpc) is 2.33. The summed E-state index contributed by atoms with van der Waals surface area (Å²) in [5.41, 5.74) is 1.27. The molecule has 9 heavy (non-hydrogen) atoms. The van der Waals surface area contributed by atoms with Crippen LogP contribution >= 0.6 is 8.20 Å². The van der Waals surface area contributed by atoms with Crippen molar-refractivity contribution in [2.75, 3.05) is 5.32 Å². The summed E-state index contributed by atoms with van der Waals surface area (Å²) in [6.07, 6.45) is 0. The minimum absolute atomic E-state index is 0.844. The Morgan fingerprint density at radius 2 is 2.11 bits per heavy atom. The Labute approximate surface area is 55.5 Å². The maximum atomic E-state index is 3.19. The number of anilines is 1. The van der Waals surface area contributed by atoms with Crippen LogP contribution in [-0.4, -0.2) is 5.92 Å². The molecule has 0 aromatic heterocycles. The Bertz CT molecular complexity index is 255. The van der Waals surface area contributed by atoms with Crippen LogP contribution in [-0.2, 0) is 0 Å². The van der Waals surface area contributed by atoms with E-state index in [1.807, 2.05) is 0 Å². The van der Waals surface area contributed by atoms with E-state index in [2.05, 4.69) is 35.5 Å². The Balaban J connectivity index is 2.63. The first-order chi connectivity index (χ1) is 4.47. The second-order valence-electron chi connectivity index (χ2n) is 1.98. The van der Waals surface area contributed by atoms with E-state index in [1.165, 1.54) is 11.0 Å². The lowest BCUT2D eigenvalue weighted by Gasteiger charge is -1.94. The third-order valence-electron chi connectivity index (χ3n) is 1.38. The van der Waals surface area contributed by atoms with Crippen molar-refractivity contribution >= 4 is 25.1 Å². The van der Waals surface area contributed by atoms with Gasteiger partial charge in [-0.25, -0.2) is 0 Å². The van der Waals surface area contributed by atoms with E-state index in [-0.39, 0.29) is 0 Å². The highest BCUT2D eigenvalue weighted by atomic mass is 31.1. The molecular formula is C7H7NP. The third-order valence-corrected chi connectivity index (χ3v) is 2.42. The summed E-state index contributed by atoms with van der Waals surface area (Å²) in [4.78, 5) is 0. The smallest absolute Gasteiger partial charge is 0.0494 e. The molecule has 0 saturated heterocycles. The molecule has 1 radical (unpaired) electrons. The molecule has 1 aliphatic heterocycles. The number of fused-ring (bicyclic) bond motifs is 1. The molecule has 0 amide bonds. The number of para-hydroxylation sites is 1. The van der Waals surface area contributed by atoms with Gasteiger partial charge < -0.3 is 5.32 Å². The van der Waals surface area contributed by atoms with Crippen molar-refractivity contribution in [2.24, 2.45) is 0 Å². The number of hydrogen-bond donors (Lipinski definition) is 1. The van der Waals surface area contributed by atoms with Crippen LogP contribution in [0.2, 0.25) is 0 Å². The molecule has 2 rings (SSSR count). The molecule has 1 aromatic carbocycles. The van der Waals surface area contributed by atoms with Gasteiger partial charge in [0.25, 0.3) is 0 Å². The molecule has 2 heteroatoms. The molecule has 0 aliphatic carbocycles. The van der Waals surface area contributed by atoms with Crippen molar-refractivity contribution in [3.63, 3.8) is 0 Å². The predicted molar refractivity (Wildman–Crippen MR) is 44.1 cm³/mol. The van der Waals surface area contributed by atoms with Crippen molar-refractivity contribution in [3.8, 4) is 0 Å². The SMILES string of the molecule is C1=[PH]c2ccccc2N1. The van der Waals surface area contributed by atoms with Gasteiger partial charge in [-0.15, -0.1) is 8.20 Å². The molecule has 1 atom stereocenters. The van der Waals surface area contributed by atoms with E-state index >= 15 is 0 Å². The first-order valence-electron chi connectivity index (χ1n) is 2.90. The summed E-state index contributed by atoms with van der Waals surface area (Å²) in [7, 11) is 0.844. The second kappa shape index (κ2) is 1.85. The first kappa shape index (κ1) is 5.01. The average molecular weight is 136 g/mol. The molecule has 0 bridgehead atoms. The molecule has 1 aliphatic rings. The predicted octanol–water partition coefficient (Wildman–Crippen LogP) is 1.18. The minimum Gasteiger partial charge on any atom is -0.358 e. The van der Waals surface area contributed by atoms with Gasteiger partial charge in [0.15, 0.2) is 0 Å². The van der Waals surface area contributed by atoms with Gasteiger partial charge in [0.1, 0.15) is 0 Å². The number of rotatable bonds is 0. The lowest BCUT2D eigenvalue weighted by molar-refractivity contribution is 1.73. The van der Waals surface area contributed by atoms with Crippen LogP contribution in [0, 0.1) is 0 Å². The normalized spacial score (nSPS) is 14.7. The lowest BCUT2D eigenvalue weighted by atomic mass is 10.3. The Kier molecular flexibility index (Phi) is 1.03. The van der Waals surface area contributed by atoms with E-state index in [9.17, 15) is 0 Å². The molecule has 0 saturated carbocycles. The summed E-state index contributed by atoms with van der Waals surface area (Å²) in [6, 6.07) is 8.39. The van der Waals surface area contributed by atoms with Crippen molar-refractivity contribution in [2.45, 2.75) is 0 Å². The maximum absolute atomic E-state index is 3.19. The quantitative estimate of drug-likeness (QED) is 0.528. The summed E-state index contributed by atoms with van der Waals surface area (Å²) in [6.45, 7) is 0. The van der Waals surface area contributed by atoms with Crippen molar-refractivity contribution in [1.29, 1.82) is 0 Å². The van der Waals surface area contributed by atoms with Crippen molar-refractivity contribution in [1.82, 2.24) is 0 Å². The summed E-state index contributed by atoms with van der Waals surface area (Å²) in [5, 5.41) is 4.62. The largest absolute Gasteiger partial charge is 0.358 e. The zero-order chi connectivity index (χ0) is 6.10. The topological polar surface area (TPSA) is 12.0 Å². The Morgan fingerprint density at radius 3 is 3.00 bits per heavy atom. The van der Waals surface area contributed by atoms with Crippen molar-refractivity contribution in [3.05, 3.63) is 24.3 Å². The second-order valence-corrected chi connectivity index (χ2v) is 3.09. The molecule has 1 aromatic rings. The monoisotopic (exact) mass is 136 g/mol. The van der Waals surface area contributed by atoms with Gasteiger partial charge in [0, 0.05) is 16.9 Å². The zero-order valence-corrected chi connectivity index (χ0v) is 5.89. The molecule has 1 nitrogen and oxygen atoms in total. The van der Waals surface area contributed by atoms with Gasteiger partial charge in [-0.05, 0) is 12.1 Å². The van der Waals surface area contributed by atoms with Gasteiger partial charge in [0.05, 0.1) is 0 Å². The fraction of sp³-hybridized carbons (Fsp3) is 0. The van der Waals surface area contributed by atoms with Crippen LogP contribution in [0.4, 0.5) is 5.69 Å². The third kappa shape index (κ3) is 0.739. The van der Waals surface area contributed by atoms with Crippen LogP contribution in [0.25, 0.3) is 0 Å². The standard InChI is InChI=1S/C7H7NP/c1-2-4-7-6(3-1)8-5-9-7/h1-5,8-9H. The van der Waals surface area contributed by atoms with Gasteiger partial charge in [-0.1, -0.05) is 12.1 Å². The summed E-state index contributed by atoms with van der Waals surface area (Å²) < 4.78 is 0. The minimum atomic E-state index is 0.844. The Hall–Kier alpha value is -0.810. The number of benzene rings is 1. The van der Waals surface area contributed by atoms with Gasteiger partial charge in [-0.2, -0.15) is 0 Å². The summed E-state index contributed by atoms with van der Waals surface area (Å²) >= 11 is 0.